The predicted molar refractivity (Wildman–Crippen MR) is 52.8 cm³/mol. The molecule has 1 aromatic heterocycles. The van der Waals surface area contributed by atoms with Crippen molar-refractivity contribution in [2.24, 2.45) is 0 Å². The highest BCUT2D eigenvalue weighted by molar-refractivity contribution is 5.84. The highest BCUT2D eigenvalue weighted by Crippen LogP contribution is 2.25. The molecule has 1 rings (SSSR count). The first-order valence-corrected chi connectivity index (χ1v) is 4.77. The van der Waals surface area contributed by atoms with Crippen molar-refractivity contribution in [3.63, 3.8) is 0 Å². The highest BCUT2D eigenvalue weighted by Gasteiger charge is 2.41. The standard InChI is InChI=1S/C10H12F2N2O2/c11-10(12,8-4-1-2-5-13-8)9(16)14-6-3-7-15/h1-2,4-5,15H,3,6-7H2,(H,14,16). The van der Waals surface area contributed by atoms with Crippen molar-refractivity contribution in [2.75, 3.05) is 13.2 Å². The molecule has 0 aliphatic rings. The zero-order chi connectivity index (χ0) is 12.0. The minimum Gasteiger partial charge on any atom is -0.396 e. The Morgan fingerprint density at radius 3 is 2.81 bits per heavy atom. The zero-order valence-electron chi connectivity index (χ0n) is 8.49. The van der Waals surface area contributed by atoms with Gasteiger partial charge in [-0.2, -0.15) is 8.78 Å². The Morgan fingerprint density at radius 1 is 1.50 bits per heavy atom. The number of halogens is 2. The fraction of sp³-hybridized carbons (Fsp3) is 0.400. The molecule has 0 unspecified atom stereocenters. The van der Waals surface area contributed by atoms with E-state index in [1.54, 1.807) is 0 Å². The molecule has 0 radical (unpaired) electrons. The van der Waals surface area contributed by atoms with Gasteiger partial charge in [0.1, 0.15) is 5.69 Å². The Balaban J connectivity index is 2.66. The molecule has 0 aromatic carbocycles. The van der Waals surface area contributed by atoms with Crippen molar-refractivity contribution in [1.29, 1.82) is 0 Å². The number of hydrogen-bond acceptors (Lipinski definition) is 3. The molecule has 0 aliphatic heterocycles. The topological polar surface area (TPSA) is 62.2 Å². The van der Waals surface area contributed by atoms with Gasteiger partial charge in [-0.15, -0.1) is 0 Å². The minimum absolute atomic E-state index is 0.0117. The maximum atomic E-state index is 13.4. The second-order valence-electron chi connectivity index (χ2n) is 3.12. The first-order chi connectivity index (χ1) is 7.59. The smallest absolute Gasteiger partial charge is 0.366 e. The van der Waals surface area contributed by atoms with E-state index in [1.165, 1.54) is 18.3 Å². The van der Waals surface area contributed by atoms with Crippen LogP contribution in [0.2, 0.25) is 0 Å². The normalized spacial score (nSPS) is 11.2. The van der Waals surface area contributed by atoms with Gasteiger partial charge in [-0.25, -0.2) is 0 Å². The summed E-state index contributed by atoms with van der Waals surface area (Å²) in [7, 11) is 0. The summed E-state index contributed by atoms with van der Waals surface area (Å²) >= 11 is 0. The van der Waals surface area contributed by atoms with Crippen LogP contribution in [0, 0.1) is 0 Å². The number of pyridine rings is 1. The zero-order valence-corrected chi connectivity index (χ0v) is 8.49. The van der Waals surface area contributed by atoms with Crippen molar-refractivity contribution >= 4 is 5.91 Å². The van der Waals surface area contributed by atoms with Crippen LogP contribution in [0.15, 0.2) is 24.4 Å². The number of aromatic nitrogens is 1. The Hall–Kier alpha value is -1.56. The monoisotopic (exact) mass is 230 g/mol. The van der Waals surface area contributed by atoms with Crippen LogP contribution in [-0.2, 0) is 10.7 Å². The van der Waals surface area contributed by atoms with Gasteiger partial charge in [-0.05, 0) is 18.6 Å². The third-order valence-corrected chi connectivity index (χ3v) is 1.89. The first-order valence-electron chi connectivity index (χ1n) is 4.77. The molecule has 4 nitrogen and oxygen atoms in total. The maximum Gasteiger partial charge on any atom is 0.366 e. The quantitative estimate of drug-likeness (QED) is 0.731. The fourth-order valence-electron chi connectivity index (χ4n) is 1.06. The lowest BCUT2D eigenvalue weighted by atomic mass is 10.2. The second-order valence-corrected chi connectivity index (χ2v) is 3.12. The van der Waals surface area contributed by atoms with E-state index in [2.05, 4.69) is 4.98 Å². The fourth-order valence-corrected chi connectivity index (χ4v) is 1.06. The summed E-state index contributed by atoms with van der Waals surface area (Å²) in [6.45, 7) is -0.146. The Morgan fingerprint density at radius 2 is 2.25 bits per heavy atom. The Labute approximate surface area is 91.3 Å². The van der Waals surface area contributed by atoms with E-state index in [0.717, 1.165) is 6.07 Å². The van der Waals surface area contributed by atoms with E-state index >= 15 is 0 Å². The van der Waals surface area contributed by atoms with Gasteiger partial charge in [0.15, 0.2) is 0 Å². The molecule has 0 saturated carbocycles. The summed E-state index contributed by atoms with van der Waals surface area (Å²) in [4.78, 5) is 14.6. The second kappa shape index (κ2) is 5.50. The average molecular weight is 230 g/mol. The van der Waals surface area contributed by atoms with Gasteiger partial charge in [0.2, 0.25) is 0 Å². The minimum atomic E-state index is -3.64. The third kappa shape index (κ3) is 2.96. The summed E-state index contributed by atoms with van der Waals surface area (Å²) < 4.78 is 26.9. The van der Waals surface area contributed by atoms with Crippen molar-refractivity contribution in [1.82, 2.24) is 10.3 Å². The number of rotatable bonds is 5. The van der Waals surface area contributed by atoms with E-state index in [-0.39, 0.29) is 19.6 Å². The summed E-state index contributed by atoms with van der Waals surface area (Å²) in [5.41, 5.74) is -0.587. The SMILES string of the molecule is O=C(NCCCO)C(F)(F)c1ccccn1. The number of nitrogens with zero attached hydrogens (tertiary/aromatic N) is 1. The van der Waals surface area contributed by atoms with Gasteiger partial charge in [0, 0.05) is 19.3 Å². The largest absolute Gasteiger partial charge is 0.396 e. The summed E-state index contributed by atoms with van der Waals surface area (Å²) in [5, 5.41) is 10.5. The summed E-state index contributed by atoms with van der Waals surface area (Å²) in [5.74, 6) is -5.05. The lowest BCUT2D eigenvalue weighted by Crippen LogP contribution is -2.39. The molecule has 0 aliphatic carbocycles. The molecule has 0 bridgehead atoms. The highest BCUT2D eigenvalue weighted by atomic mass is 19.3. The van der Waals surface area contributed by atoms with Crippen LogP contribution in [0.5, 0.6) is 0 Å². The number of aliphatic hydroxyl groups is 1. The Kier molecular flexibility index (Phi) is 4.30. The van der Waals surface area contributed by atoms with Crippen LogP contribution in [0.25, 0.3) is 0 Å². The average Bonchev–Trinajstić information content (AvgIpc) is 2.30. The molecular formula is C10H12F2N2O2. The van der Waals surface area contributed by atoms with Gasteiger partial charge < -0.3 is 10.4 Å². The number of carbonyl (C=O) groups is 1. The van der Waals surface area contributed by atoms with Crippen LogP contribution < -0.4 is 5.32 Å². The van der Waals surface area contributed by atoms with Crippen molar-refractivity contribution < 1.29 is 18.7 Å². The number of amides is 1. The molecule has 6 heteroatoms. The number of nitrogens with one attached hydrogen (secondary N) is 1. The van der Waals surface area contributed by atoms with E-state index in [9.17, 15) is 13.6 Å². The van der Waals surface area contributed by atoms with Crippen LogP contribution in [0.4, 0.5) is 8.78 Å². The Bertz CT molecular complexity index is 344. The van der Waals surface area contributed by atoms with Crippen LogP contribution in [0.3, 0.4) is 0 Å². The third-order valence-electron chi connectivity index (χ3n) is 1.89. The molecule has 1 aromatic rings. The summed E-state index contributed by atoms with van der Waals surface area (Å²) in [6, 6.07) is 3.96. The molecule has 0 saturated heterocycles. The van der Waals surface area contributed by atoms with Crippen molar-refractivity contribution in [3.8, 4) is 0 Å². The predicted octanol–water partition coefficient (Wildman–Crippen LogP) is 0.672. The van der Waals surface area contributed by atoms with Gasteiger partial charge in [-0.1, -0.05) is 6.07 Å². The van der Waals surface area contributed by atoms with Gasteiger partial charge in [0.05, 0.1) is 0 Å². The number of hydrogen-bond donors (Lipinski definition) is 2. The molecule has 0 atom stereocenters. The molecule has 16 heavy (non-hydrogen) atoms. The van der Waals surface area contributed by atoms with Crippen LogP contribution in [-0.4, -0.2) is 29.1 Å². The lowest BCUT2D eigenvalue weighted by molar-refractivity contribution is -0.147. The molecule has 1 amide bonds. The van der Waals surface area contributed by atoms with Crippen molar-refractivity contribution in [2.45, 2.75) is 12.3 Å². The van der Waals surface area contributed by atoms with Crippen LogP contribution in [0.1, 0.15) is 12.1 Å². The number of carbonyl (C=O) groups excluding carboxylic acids is 1. The number of alkyl halides is 2. The lowest BCUT2D eigenvalue weighted by Gasteiger charge is -2.14. The number of aliphatic hydroxyl groups excluding tert-OH is 1. The molecule has 0 spiro atoms. The van der Waals surface area contributed by atoms with E-state index in [4.69, 9.17) is 5.11 Å². The molecule has 2 N–H and O–H groups in total. The van der Waals surface area contributed by atoms with Crippen molar-refractivity contribution in [3.05, 3.63) is 30.1 Å². The molecule has 88 valence electrons. The van der Waals surface area contributed by atoms with Gasteiger partial charge in [0.25, 0.3) is 5.91 Å². The van der Waals surface area contributed by atoms with E-state index < -0.39 is 17.5 Å². The van der Waals surface area contributed by atoms with Crippen LogP contribution >= 0.6 is 0 Å². The van der Waals surface area contributed by atoms with E-state index in [0.29, 0.717) is 0 Å². The molecular weight excluding hydrogens is 218 g/mol. The van der Waals surface area contributed by atoms with Gasteiger partial charge in [-0.3, -0.25) is 9.78 Å². The first kappa shape index (κ1) is 12.5. The molecule has 0 fully saturated rings. The van der Waals surface area contributed by atoms with Gasteiger partial charge >= 0.3 is 5.92 Å². The maximum absolute atomic E-state index is 13.4. The summed E-state index contributed by atoms with van der Waals surface area (Å²) in [6.07, 6.45) is 1.44. The molecule has 1 heterocycles. The van der Waals surface area contributed by atoms with E-state index in [1.807, 2.05) is 5.32 Å².